The molecule has 14 heteroatoms. The molecule has 1 saturated heterocycles. The molecule has 13 nitrogen and oxygen atoms in total. The van der Waals surface area contributed by atoms with Crippen LogP contribution >= 0.6 is 0 Å². The zero-order valence-electron chi connectivity index (χ0n) is 30.8. The van der Waals surface area contributed by atoms with E-state index in [1.54, 1.807) is 28.3 Å². The SMILES string of the molecule is C=CC(=O)N1CCN(c2c(C(=O)NCCN(C)C)c(=O)n(-c3c(C)ccnc3C(C)C)c3nc(-c4c(C)ccc5[nH]ncc45)c(F)cc23)C[C@@H]1CC#N. The molecule has 0 spiro atoms. The molecule has 53 heavy (non-hydrogen) atoms. The number of carbonyl (C=O) groups excluding carboxylic acids is 2. The molecular weight excluding hydrogens is 675 g/mol. The number of fused-ring (bicyclic) bond motifs is 2. The van der Waals surface area contributed by atoms with Crippen LogP contribution in [0.3, 0.4) is 0 Å². The van der Waals surface area contributed by atoms with Gasteiger partial charge in [-0.05, 0) is 69.3 Å². The van der Waals surface area contributed by atoms with Crippen LogP contribution in [0.25, 0.3) is 38.9 Å². The Morgan fingerprint density at radius 2 is 1.94 bits per heavy atom. The number of aromatic amines is 1. The Bertz CT molecular complexity index is 2360. The summed E-state index contributed by atoms with van der Waals surface area (Å²) in [6, 6.07) is 8.39. The topological polar surface area (TPSA) is 156 Å². The fraction of sp³-hybridized carbons (Fsp3) is 0.359. The first-order valence-corrected chi connectivity index (χ1v) is 17.5. The molecule has 1 aromatic carbocycles. The third-order valence-electron chi connectivity index (χ3n) is 9.73. The highest BCUT2D eigenvalue weighted by atomic mass is 19.1. The molecular formula is C39H43FN10O3. The average Bonchev–Trinajstić information content (AvgIpc) is 3.60. The van der Waals surface area contributed by atoms with Gasteiger partial charge in [0.05, 0.1) is 47.3 Å². The third-order valence-corrected chi connectivity index (χ3v) is 9.73. The number of amides is 2. The third kappa shape index (κ3) is 6.75. The number of aromatic nitrogens is 5. The number of benzene rings is 1. The van der Waals surface area contributed by atoms with Crippen molar-refractivity contribution in [1.29, 1.82) is 5.26 Å². The van der Waals surface area contributed by atoms with E-state index in [0.29, 0.717) is 40.0 Å². The molecule has 0 radical (unpaired) electrons. The van der Waals surface area contributed by atoms with Crippen molar-refractivity contribution in [2.75, 3.05) is 51.7 Å². The maximum Gasteiger partial charge on any atom is 0.271 e. The maximum absolute atomic E-state index is 16.9. The van der Waals surface area contributed by atoms with Crippen LogP contribution in [0.15, 0.2) is 54.1 Å². The van der Waals surface area contributed by atoms with E-state index in [1.807, 2.05) is 58.8 Å². The first-order chi connectivity index (χ1) is 25.4. The second-order valence-corrected chi connectivity index (χ2v) is 13.9. The van der Waals surface area contributed by atoms with Gasteiger partial charge in [-0.2, -0.15) is 10.4 Å². The van der Waals surface area contributed by atoms with Gasteiger partial charge >= 0.3 is 0 Å². The highest BCUT2D eigenvalue weighted by Crippen LogP contribution is 2.38. The molecule has 5 aromatic rings. The zero-order chi connectivity index (χ0) is 38.1. The van der Waals surface area contributed by atoms with Crippen molar-refractivity contribution in [3.8, 4) is 23.0 Å². The summed E-state index contributed by atoms with van der Waals surface area (Å²) >= 11 is 0. The lowest BCUT2D eigenvalue weighted by Crippen LogP contribution is -2.55. The van der Waals surface area contributed by atoms with Gasteiger partial charge in [-0.25, -0.2) is 9.37 Å². The zero-order valence-corrected chi connectivity index (χ0v) is 30.8. The van der Waals surface area contributed by atoms with E-state index in [-0.39, 0.29) is 72.4 Å². The van der Waals surface area contributed by atoms with Gasteiger partial charge in [0, 0.05) is 55.3 Å². The highest BCUT2D eigenvalue weighted by Gasteiger charge is 2.35. The van der Waals surface area contributed by atoms with E-state index in [1.165, 1.54) is 16.7 Å². The van der Waals surface area contributed by atoms with E-state index < -0.39 is 23.3 Å². The van der Waals surface area contributed by atoms with Crippen molar-refractivity contribution >= 4 is 39.4 Å². The minimum Gasteiger partial charge on any atom is -0.366 e. The van der Waals surface area contributed by atoms with E-state index in [0.717, 1.165) is 5.56 Å². The minimum atomic E-state index is -0.666. The van der Waals surface area contributed by atoms with Crippen molar-refractivity contribution in [2.24, 2.45) is 0 Å². The molecule has 0 unspecified atom stereocenters. The van der Waals surface area contributed by atoms with E-state index in [9.17, 15) is 14.9 Å². The molecule has 1 aliphatic heterocycles. The molecule has 274 valence electrons. The number of rotatable bonds is 10. The van der Waals surface area contributed by atoms with E-state index in [2.05, 4.69) is 33.1 Å². The van der Waals surface area contributed by atoms with Gasteiger partial charge in [0.25, 0.3) is 11.5 Å². The molecule has 4 aromatic heterocycles. The Morgan fingerprint density at radius 1 is 1.17 bits per heavy atom. The molecule has 0 saturated carbocycles. The van der Waals surface area contributed by atoms with Gasteiger partial charge in [-0.1, -0.05) is 26.5 Å². The smallest absolute Gasteiger partial charge is 0.271 e. The van der Waals surface area contributed by atoms with Gasteiger partial charge in [-0.3, -0.25) is 29.0 Å². The highest BCUT2D eigenvalue weighted by molar-refractivity contribution is 6.08. The summed E-state index contributed by atoms with van der Waals surface area (Å²) in [5.41, 5.74) is 3.20. The molecule has 6 rings (SSSR count). The Labute approximate surface area is 306 Å². The van der Waals surface area contributed by atoms with E-state index >= 15 is 9.18 Å². The van der Waals surface area contributed by atoms with Crippen molar-refractivity contribution < 1.29 is 14.0 Å². The average molecular weight is 719 g/mol. The number of anilines is 1. The van der Waals surface area contributed by atoms with Crippen molar-refractivity contribution in [1.82, 2.24) is 39.8 Å². The van der Waals surface area contributed by atoms with Crippen LogP contribution in [0.5, 0.6) is 0 Å². The van der Waals surface area contributed by atoms with Crippen LogP contribution in [-0.4, -0.2) is 99.2 Å². The largest absolute Gasteiger partial charge is 0.366 e. The predicted molar refractivity (Wildman–Crippen MR) is 203 cm³/mol. The van der Waals surface area contributed by atoms with Crippen LogP contribution in [0.1, 0.15) is 53.4 Å². The number of nitrogens with zero attached hydrogens (tertiary/aromatic N) is 8. The van der Waals surface area contributed by atoms with Crippen LogP contribution < -0.4 is 15.8 Å². The monoisotopic (exact) mass is 718 g/mol. The maximum atomic E-state index is 16.9. The molecule has 0 aliphatic carbocycles. The number of hydrogen-bond acceptors (Lipinski definition) is 9. The van der Waals surface area contributed by atoms with Gasteiger partial charge < -0.3 is 20.0 Å². The number of halogens is 1. The Hall–Kier alpha value is -5.94. The molecule has 1 aliphatic rings. The van der Waals surface area contributed by atoms with Crippen molar-refractivity contribution in [2.45, 2.75) is 46.1 Å². The normalized spacial score (nSPS) is 14.7. The minimum absolute atomic E-state index is 0.00713. The van der Waals surface area contributed by atoms with Crippen molar-refractivity contribution in [3.05, 3.63) is 87.9 Å². The summed E-state index contributed by atoms with van der Waals surface area (Å²) in [5, 5.41) is 20.6. The molecule has 5 heterocycles. The van der Waals surface area contributed by atoms with Crippen LogP contribution in [-0.2, 0) is 4.79 Å². The summed E-state index contributed by atoms with van der Waals surface area (Å²) < 4.78 is 18.3. The van der Waals surface area contributed by atoms with Gasteiger partial charge in [0.2, 0.25) is 5.91 Å². The Morgan fingerprint density at radius 3 is 2.64 bits per heavy atom. The van der Waals surface area contributed by atoms with Crippen LogP contribution in [0.4, 0.5) is 10.1 Å². The van der Waals surface area contributed by atoms with Gasteiger partial charge in [0.1, 0.15) is 17.1 Å². The van der Waals surface area contributed by atoms with Crippen LogP contribution in [0.2, 0.25) is 0 Å². The van der Waals surface area contributed by atoms with Gasteiger partial charge in [0.15, 0.2) is 5.65 Å². The number of aryl methyl sites for hydroxylation is 2. The molecule has 2 amide bonds. The summed E-state index contributed by atoms with van der Waals surface area (Å²) in [5.74, 6) is -1.77. The molecule has 0 bridgehead atoms. The lowest BCUT2D eigenvalue weighted by atomic mass is 9.98. The number of pyridine rings is 3. The number of nitrogens with one attached hydrogen (secondary N) is 2. The number of nitriles is 1. The number of hydrogen-bond donors (Lipinski definition) is 2. The number of likely N-dealkylation sites (N-methyl/N-ethyl adjacent to an activating group) is 1. The standard InChI is InChI=1S/C39H43FN10O3/c1-8-30(51)49-18-17-48(21-25(49)11-13-41)36-26-19-28(40)34(31-23(4)9-10-29-27(31)20-44-46-29)45-37(26)50(35-24(5)12-14-42-33(35)22(2)3)39(53)32(36)38(52)43-15-16-47(6)7/h8-10,12,14,19-20,22,25H,1,11,15-18,21H2,2-7H3,(H,43,52)(H,44,46)/t25-/m0/s1. The summed E-state index contributed by atoms with van der Waals surface area (Å²) in [6.45, 7) is 12.5. The lowest BCUT2D eigenvalue weighted by molar-refractivity contribution is -0.128. The first kappa shape index (κ1) is 36.8. The Balaban J connectivity index is 1.74. The second kappa shape index (κ2) is 15.0. The van der Waals surface area contributed by atoms with Crippen molar-refractivity contribution in [3.63, 3.8) is 0 Å². The fourth-order valence-electron chi connectivity index (χ4n) is 7.14. The van der Waals surface area contributed by atoms with Gasteiger partial charge in [-0.15, -0.1) is 0 Å². The summed E-state index contributed by atoms with van der Waals surface area (Å²) in [4.78, 5) is 57.4. The molecule has 1 fully saturated rings. The lowest BCUT2D eigenvalue weighted by Gasteiger charge is -2.42. The van der Waals surface area contributed by atoms with Crippen LogP contribution in [0, 0.1) is 31.0 Å². The number of piperazine rings is 1. The van der Waals surface area contributed by atoms with E-state index in [4.69, 9.17) is 4.98 Å². The summed E-state index contributed by atoms with van der Waals surface area (Å²) in [6.07, 6.45) is 4.48. The fourth-order valence-corrected chi connectivity index (χ4v) is 7.14. The molecule has 2 N–H and O–H groups in total. The number of carbonyl (C=O) groups is 2. The quantitative estimate of drug-likeness (QED) is 0.197. The first-order valence-electron chi connectivity index (χ1n) is 17.5. The Kier molecular flexibility index (Phi) is 10.4. The predicted octanol–water partition coefficient (Wildman–Crippen LogP) is 4.61. The second-order valence-electron chi connectivity index (χ2n) is 13.9. The molecule has 1 atom stereocenters. The summed E-state index contributed by atoms with van der Waals surface area (Å²) in [7, 11) is 3.74. The number of H-pyrrole nitrogens is 1.